The van der Waals surface area contributed by atoms with Gasteiger partial charge in [0, 0.05) is 0 Å². The van der Waals surface area contributed by atoms with E-state index in [9.17, 15) is 0 Å². The van der Waals surface area contributed by atoms with Crippen molar-refractivity contribution in [1.82, 2.24) is 0 Å². The topological polar surface area (TPSA) is 9.23 Å². The Bertz CT molecular complexity index is 246. The van der Waals surface area contributed by atoms with Gasteiger partial charge in [0.05, 0.1) is 11.2 Å². The second-order valence-corrected chi connectivity index (χ2v) is 6.19. The normalized spacial score (nSPS) is 50.1. The quantitative estimate of drug-likeness (QED) is 0.573. The highest BCUT2D eigenvalue weighted by Gasteiger charge is 2.57. The van der Waals surface area contributed by atoms with E-state index in [1.165, 1.54) is 44.9 Å². The average molecular weight is 194 g/mol. The standard InChI is InChI=1S/C13H22O/c1-12(2)11-7-6-10-5-3-4-8-13(10,9-11)14-12/h10-11H,3-9H2,1-2H3/t10?,11-,13-/m1/s1. The van der Waals surface area contributed by atoms with E-state index in [0.29, 0.717) is 5.60 Å². The minimum absolute atomic E-state index is 0.173. The van der Waals surface area contributed by atoms with Crippen LogP contribution in [-0.2, 0) is 4.74 Å². The maximum absolute atomic E-state index is 6.46. The molecule has 3 rings (SSSR count). The van der Waals surface area contributed by atoms with E-state index in [2.05, 4.69) is 13.8 Å². The fourth-order valence-electron chi connectivity index (χ4n) is 4.26. The Balaban J connectivity index is 1.92. The average Bonchev–Trinajstić information content (AvgIpc) is 2.33. The zero-order valence-electron chi connectivity index (χ0n) is 9.51. The molecule has 0 aromatic rings. The van der Waals surface area contributed by atoms with Crippen molar-refractivity contribution in [2.24, 2.45) is 11.8 Å². The van der Waals surface area contributed by atoms with Gasteiger partial charge in [-0.3, -0.25) is 0 Å². The molecule has 1 heteroatoms. The van der Waals surface area contributed by atoms with Gasteiger partial charge in [-0.05, 0) is 57.8 Å². The first-order valence-corrected chi connectivity index (χ1v) is 6.33. The summed E-state index contributed by atoms with van der Waals surface area (Å²) in [7, 11) is 0. The van der Waals surface area contributed by atoms with Crippen molar-refractivity contribution in [3.8, 4) is 0 Å². The van der Waals surface area contributed by atoms with Crippen molar-refractivity contribution < 1.29 is 4.74 Å². The molecule has 1 unspecified atom stereocenters. The molecular formula is C13H22O. The molecule has 1 nitrogen and oxygen atoms in total. The van der Waals surface area contributed by atoms with Gasteiger partial charge >= 0.3 is 0 Å². The van der Waals surface area contributed by atoms with Crippen LogP contribution in [0.4, 0.5) is 0 Å². The maximum atomic E-state index is 6.46. The number of hydrogen-bond donors (Lipinski definition) is 0. The van der Waals surface area contributed by atoms with Crippen LogP contribution in [-0.4, -0.2) is 11.2 Å². The first kappa shape index (κ1) is 9.21. The minimum atomic E-state index is 0.173. The molecule has 2 aliphatic carbocycles. The molecule has 3 atom stereocenters. The summed E-state index contributed by atoms with van der Waals surface area (Å²) in [6.45, 7) is 4.62. The fourth-order valence-corrected chi connectivity index (χ4v) is 4.26. The van der Waals surface area contributed by atoms with Crippen LogP contribution in [0.1, 0.15) is 58.8 Å². The highest BCUT2D eigenvalue weighted by atomic mass is 16.5. The van der Waals surface area contributed by atoms with Gasteiger partial charge in [0.25, 0.3) is 0 Å². The summed E-state index contributed by atoms with van der Waals surface area (Å²) in [4.78, 5) is 0. The molecule has 0 radical (unpaired) electrons. The molecule has 1 heterocycles. The van der Waals surface area contributed by atoms with Gasteiger partial charge in [-0.1, -0.05) is 12.8 Å². The molecule has 80 valence electrons. The lowest BCUT2D eigenvalue weighted by Gasteiger charge is -2.43. The summed E-state index contributed by atoms with van der Waals surface area (Å²) in [5.74, 6) is 1.74. The monoisotopic (exact) mass is 194 g/mol. The van der Waals surface area contributed by atoms with Crippen molar-refractivity contribution in [2.45, 2.75) is 70.0 Å². The molecule has 2 bridgehead atoms. The van der Waals surface area contributed by atoms with E-state index in [1.54, 1.807) is 0 Å². The number of ether oxygens (including phenoxy) is 1. The van der Waals surface area contributed by atoms with Crippen molar-refractivity contribution in [3.05, 3.63) is 0 Å². The van der Waals surface area contributed by atoms with Gasteiger partial charge in [0.15, 0.2) is 0 Å². The van der Waals surface area contributed by atoms with Crippen LogP contribution < -0.4 is 0 Å². The maximum Gasteiger partial charge on any atom is 0.0721 e. The SMILES string of the molecule is CC1(C)O[C@@]23CCCCC2CC[C@@H]1C3. The van der Waals surface area contributed by atoms with Crippen LogP contribution >= 0.6 is 0 Å². The third-order valence-corrected chi connectivity index (χ3v) is 5.05. The largest absolute Gasteiger partial charge is 0.369 e. The van der Waals surface area contributed by atoms with Crippen LogP contribution in [0.25, 0.3) is 0 Å². The predicted molar refractivity (Wildman–Crippen MR) is 57.2 cm³/mol. The van der Waals surface area contributed by atoms with E-state index in [-0.39, 0.29) is 5.60 Å². The van der Waals surface area contributed by atoms with Crippen molar-refractivity contribution in [3.63, 3.8) is 0 Å². The highest BCUT2D eigenvalue weighted by molar-refractivity contribution is 5.06. The molecule has 1 saturated heterocycles. The Kier molecular flexibility index (Phi) is 1.81. The smallest absolute Gasteiger partial charge is 0.0721 e. The number of hydrogen-bond acceptors (Lipinski definition) is 1. The molecule has 14 heavy (non-hydrogen) atoms. The summed E-state index contributed by atoms with van der Waals surface area (Å²) < 4.78 is 6.46. The van der Waals surface area contributed by atoms with Crippen LogP contribution in [0.3, 0.4) is 0 Å². The lowest BCUT2D eigenvalue weighted by molar-refractivity contribution is -0.129. The Hall–Kier alpha value is -0.0400. The van der Waals surface area contributed by atoms with E-state index in [1.807, 2.05) is 0 Å². The predicted octanol–water partition coefficient (Wildman–Crippen LogP) is 3.52. The van der Waals surface area contributed by atoms with Crippen LogP contribution in [0.5, 0.6) is 0 Å². The van der Waals surface area contributed by atoms with Gasteiger partial charge < -0.3 is 4.74 Å². The molecule has 1 spiro atoms. The van der Waals surface area contributed by atoms with Gasteiger partial charge in [0.2, 0.25) is 0 Å². The van der Waals surface area contributed by atoms with Gasteiger partial charge in [-0.15, -0.1) is 0 Å². The Morgan fingerprint density at radius 3 is 2.64 bits per heavy atom. The number of rotatable bonds is 0. The molecule has 0 aromatic heterocycles. The zero-order valence-corrected chi connectivity index (χ0v) is 9.51. The van der Waals surface area contributed by atoms with Gasteiger partial charge in [0.1, 0.15) is 0 Å². The molecular weight excluding hydrogens is 172 g/mol. The Labute approximate surface area is 87.2 Å². The minimum Gasteiger partial charge on any atom is -0.369 e. The molecule has 1 aliphatic heterocycles. The highest BCUT2D eigenvalue weighted by Crippen LogP contribution is 2.58. The molecule has 0 amide bonds. The third kappa shape index (κ3) is 1.11. The Morgan fingerprint density at radius 2 is 1.79 bits per heavy atom. The molecule has 2 saturated carbocycles. The lowest BCUT2D eigenvalue weighted by Crippen LogP contribution is -2.42. The first-order chi connectivity index (χ1) is 6.62. The zero-order chi connectivity index (χ0) is 9.81. The summed E-state index contributed by atoms with van der Waals surface area (Å²) in [6.07, 6.45) is 9.85. The van der Waals surface area contributed by atoms with E-state index in [0.717, 1.165) is 11.8 Å². The van der Waals surface area contributed by atoms with Crippen molar-refractivity contribution in [1.29, 1.82) is 0 Å². The van der Waals surface area contributed by atoms with Crippen LogP contribution in [0.15, 0.2) is 0 Å². The molecule has 0 N–H and O–H groups in total. The summed E-state index contributed by atoms with van der Waals surface area (Å²) in [5.41, 5.74) is 0.497. The summed E-state index contributed by atoms with van der Waals surface area (Å²) in [5, 5.41) is 0. The van der Waals surface area contributed by atoms with Crippen LogP contribution in [0, 0.1) is 11.8 Å². The van der Waals surface area contributed by atoms with Gasteiger partial charge in [-0.2, -0.15) is 0 Å². The second-order valence-electron chi connectivity index (χ2n) is 6.19. The molecule has 3 fully saturated rings. The molecule has 3 aliphatic rings. The van der Waals surface area contributed by atoms with Gasteiger partial charge in [-0.25, -0.2) is 0 Å². The van der Waals surface area contributed by atoms with E-state index >= 15 is 0 Å². The summed E-state index contributed by atoms with van der Waals surface area (Å²) >= 11 is 0. The van der Waals surface area contributed by atoms with Crippen LogP contribution in [0.2, 0.25) is 0 Å². The second kappa shape index (κ2) is 2.75. The fraction of sp³-hybridized carbons (Fsp3) is 1.00. The van der Waals surface area contributed by atoms with Crippen molar-refractivity contribution >= 4 is 0 Å². The van der Waals surface area contributed by atoms with E-state index in [4.69, 9.17) is 4.74 Å². The number of fused-ring (bicyclic) bond motifs is 1. The molecule has 0 aromatic carbocycles. The summed E-state index contributed by atoms with van der Waals surface area (Å²) in [6, 6.07) is 0. The lowest BCUT2D eigenvalue weighted by atomic mass is 9.65. The first-order valence-electron chi connectivity index (χ1n) is 6.33. The van der Waals surface area contributed by atoms with E-state index < -0.39 is 0 Å². The Morgan fingerprint density at radius 1 is 1.00 bits per heavy atom. The third-order valence-electron chi connectivity index (χ3n) is 5.05. The van der Waals surface area contributed by atoms with Crippen molar-refractivity contribution in [2.75, 3.05) is 0 Å².